The smallest absolute Gasteiger partial charge is 0.326 e. The zero-order valence-corrected chi connectivity index (χ0v) is 22.2. The molecule has 204 valence electrons. The van der Waals surface area contributed by atoms with Crippen LogP contribution in [0, 0.1) is 17.8 Å². The number of carbonyl (C=O) groups excluding carboxylic acids is 4. The molecule has 0 aromatic rings. The lowest BCUT2D eigenvalue weighted by molar-refractivity contribution is -0.140. The minimum absolute atomic E-state index is 0.0127. The second-order valence-corrected chi connectivity index (χ2v) is 10.0. The van der Waals surface area contributed by atoms with Gasteiger partial charge in [-0.2, -0.15) is 0 Å². The zero-order chi connectivity index (χ0) is 27.4. The lowest BCUT2D eigenvalue weighted by Crippen LogP contribution is -2.59. The fourth-order valence-electron chi connectivity index (χ4n) is 3.71. The fraction of sp³-hybridized carbons (Fsp3) is 0.720. The van der Waals surface area contributed by atoms with Crippen molar-refractivity contribution in [2.45, 2.75) is 91.4 Å². The third kappa shape index (κ3) is 10.2. The van der Waals surface area contributed by atoms with Crippen LogP contribution in [-0.4, -0.2) is 65.5 Å². The van der Waals surface area contributed by atoms with Crippen LogP contribution in [0.25, 0.3) is 0 Å². The van der Waals surface area contributed by atoms with Gasteiger partial charge in [0, 0.05) is 18.7 Å². The predicted molar refractivity (Wildman–Crippen MR) is 136 cm³/mol. The predicted octanol–water partition coefficient (Wildman–Crippen LogP) is 1.29. The summed E-state index contributed by atoms with van der Waals surface area (Å²) in [6, 6.07) is -4.07. The van der Waals surface area contributed by atoms with Crippen LogP contribution in [0.4, 0.5) is 4.79 Å². The van der Waals surface area contributed by atoms with Crippen molar-refractivity contribution in [1.82, 2.24) is 26.6 Å². The van der Waals surface area contributed by atoms with Gasteiger partial charge in [0.15, 0.2) is 0 Å². The summed E-state index contributed by atoms with van der Waals surface area (Å²) in [7, 11) is 0. The highest BCUT2D eigenvalue weighted by Gasteiger charge is 2.31. The van der Waals surface area contributed by atoms with Crippen LogP contribution in [0.5, 0.6) is 0 Å². The van der Waals surface area contributed by atoms with Gasteiger partial charge >= 0.3 is 12.0 Å². The second kappa shape index (κ2) is 15.1. The van der Waals surface area contributed by atoms with Crippen molar-refractivity contribution in [1.29, 1.82) is 0 Å². The lowest BCUT2D eigenvalue weighted by atomic mass is 9.99. The molecule has 0 saturated heterocycles. The Balaban J connectivity index is 2.98. The minimum atomic E-state index is -1.15. The van der Waals surface area contributed by atoms with Gasteiger partial charge in [0.05, 0.1) is 0 Å². The van der Waals surface area contributed by atoms with Crippen molar-refractivity contribution in [3.63, 3.8) is 0 Å². The number of urea groups is 1. The topological polar surface area (TPSA) is 166 Å². The molecule has 0 fully saturated rings. The van der Waals surface area contributed by atoms with E-state index >= 15 is 0 Å². The van der Waals surface area contributed by atoms with Crippen LogP contribution >= 0.6 is 0 Å². The molecule has 0 bridgehead atoms. The van der Waals surface area contributed by atoms with Gasteiger partial charge < -0.3 is 31.7 Å². The van der Waals surface area contributed by atoms with Gasteiger partial charge in [-0.1, -0.05) is 54.0 Å². The van der Waals surface area contributed by atoms with Crippen LogP contribution in [0.2, 0.25) is 0 Å². The van der Waals surface area contributed by atoms with Gasteiger partial charge in [0.1, 0.15) is 18.1 Å². The molecule has 11 nitrogen and oxygen atoms in total. The highest BCUT2D eigenvalue weighted by Crippen LogP contribution is 2.11. The average molecular weight is 510 g/mol. The highest BCUT2D eigenvalue weighted by atomic mass is 16.4. The number of nitrogens with one attached hydrogen (secondary N) is 5. The standard InChI is InChI=1S/C25H43N5O6/c1-7-16(6)21(24(34)35)30-25(36)29-20(15(4)5)23(33)28-18-10-8-9-13-26-19(31)12-11-17(14(2)3)27-22(18)32/h11-12,14-18,20-21H,7-10,13H2,1-6H3,(H,26,31)(H,27,32)(H,28,33)(H,34,35)(H2,29,30,36)/b12-11-. The normalized spacial score (nSPS) is 22.7. The molecule has 0 radical (unpaired) electrons. The highest BCUT2D eigenvalue weighted by molar-refractivity contribution is 5.93. The van der Waals surface area contributed by atoms with E-state index in [-0.39, 0.29) is 29.6 Å². The summed E-state index contributed by atoms with van der Waals surface area (Å²) in [5.74, 6) is -2.89. The van der Waals surface area contributed by atoms with Gasteiger partial charge in [-0.3, -0.25) is 14.4 Å². The minimum Gasteiger partial charge on any atom is -0.480 e. The summed E-state index contributed by atoms with van der Waals surface area (Å²) in [4.78, 5) is 62.3. The van der Waals surface area contributed by atoms with E-state index < -0.39 is 42.1 Å². The largest absolute Gasteiger partial charge is 0.480 e. The molecule has 1 aliphatic heterocycles. The van der Waals surface area contributed by atoms with E-state index in [1.807, 2.05) is 20.8 Å². The molecule has 5 atom stereocenters. The Labute approximate surface area is 213 Å². The molecule has 5 amide bonds. The Kier molecular flexibility index (Phi) is 13.0. The molecule has 0 aromatic heterocycles. The molecule has 1 aliphatic rings. The Morgan fingerprint density at radius 2 is 1.69 bits per heavy atom. The van der Waals surface area contributed by atoms with Crippen molar-refractivity contribution >= 4 is 29.7 Å². The summed E-state index contributed by atoms with van der Waals surface area (Å²) in [5.41, 5.74) is 0. The summed E-state index contributed by atoms with van der Waals surface area (Å²) in [6.45, 7) is 11.3. The molecule has 1 rings (SSSR count). The van der Waals surface area contributed by atoms with E-state index in [1.165, 1.54) is 6.08 Å². The zero-order valence-electron chi connectivity index (χ0n) is 22.2. The van der Waals surface area contributed by atoms with E-state index in [4.69, 9.17) is 0 Å². The number of amides is 5. The molecule has 0 saturated carbocycles. The molecular weight excluding hydrogens is 466 g/mol. The van der Waals surface area contributed by atoms with Crippen LogP contribution in [0.15, 0.2) is 12.2 Å². The van der Waals surface area contributed by atoms with E-state index in [0.29, 0.717) is 32.2 Å². The third-order valence-corrected chi connectivity index (χ3v) is 6.34. The van der Waals surface area contributed by atoms with Crippen molar-refractivity contribution in [2.24, 2.45) is 17.8 Å². The number of rotatable bonds is 9. The van der Waals surface area contributed by atoms with Crippen molar-refractivity contribution in [3.8, 4) is 0 Å². The van der Waals surface area contributed by atoms with Gasteiger partial charge in [-0.15, -0.1) is 0 Å². The molecular formula is C25H43N5O6. The summed E-state index contributed by atoms with van der Waals surface area (Å²) in [6.07, 6.45) is 5.17. The Hall–Kier alpha value is -3.11. The van der Waals surface area contributed by atoms with Crippen LogP contribution < -0.4 is 26.6 Å². The number of hydrogen-bond donors (Lipinski definition) is 6. The third-order valence-electron chi connectivity index (χ3n) is 6.34. The average Bonchev–Trinajstić information content (AvgIpc) is 2.80. The summed E-state index contributed by atoms with van der Waals surface area (Å²) >= 11 is 0. The van der Waals surface area contributed by atoms with Gasteiger partial charge in [-0.25, -0.2) is 9.59 Å². The quantitative estimate of drug-likeness (QED) is 0.274. The molecule has 6 N–H and O–H groups in total. The van der Waals surface area contributed by atoms with E-state index in [9.17, 15) is 29.1 Å². The fourth-order valence-corrected chi connectivity index (χ4v) is 3.71. The number of aliphatic carboxylic acids is 1. The van der Waals surface area contributed by atoms with Gasteiger partial charge in [0.2, 0.25) is 17.7 Å². The number of carboxylic acids is 1. The van der Waals surface area contributed by atoms with Crippen LogP contribution in [-0.2, 0) is 19.2 Å². The van der Waals surface area contributed by atoms with Gasteiger partial charge in [-0.05, 0) is 37.0 Å². The van der Waals surface area contributed by atoms with Crippen molar-refractivity contribution in [2.75, 3.05) is 6.54 Å². The van der Waals surface area contributed by atoms with E-state index in [0.717, 1.165) is 0 Å². The molecule has 11 heteroatoms. The number of carboxylic acid groups (broad SMARTS) is 1. The lowest BCUT2D eigenvalue weighted by Gasteiger charge is -2.28. The van der Waals surface area contributed by atoms with Crippen molar-refractivity contribution < 1.29 is 29.1 Å². The molecule has 0 spiro atoms. The maximum absolute atomic E-state index is 13.2. The summed E-state index contributed by atoms with van der Waals surface area (Å²) in [5, 5.41) is 22.9. The Bertz CT molecular complexity index is 813. The first-order valence-corrected chi connectivity index (χ1v) is 12.7. The van der Waals surface area contributed by atoms with Crippen molar-refractivity contribution in [3.05, 3.63) is 12.2 Å². The SMILES string of the molecule is CCC(C)C(NC(=O)NC(C(=O)NC1CCCCNC(=O)/C=C\C(C(C)C)NC1=O)C(C)C)C(=O)O. The maximum Gasteiger partial charge on any atom is 0.326 e. The Morgan fingerprint density at radius 1 is 1.06 bits per heavy atom. The summed E-state index contributed by atoms with van der Waals surface area (Å²) < 4.78 is 0. The first-order valence-electron chi connectivity index (χ1n) is 12.7. The van der Waals surface area contributed by atoms with E-state index in [1.54, 1.807) is 26.8 Å². The first-order chi connectivity index (χ1) is 16.9. The molecule has 0 aromatic carbocycles. The first kappa shape index (κ1) is 30.9. The molecule has 36 heavy (non-hydrogen) atoms. The monoisotopic (exact) mass is 509 g/mol. The second-order valence-electron chi connectivity index (χ2n) is 10.0. The molecule has 0 aliphatic carbocycles. The van der Waals surface area contributed by atoms with Crippen LogP contribution in [0.1, 0.15) is 67.2 Å². The number of hydrogen-bond acceptors (Lipinski definition) is 5. The van der Waals surface area contributed by atoms with Crippen LogP contribution in [0.3, 0.4) is 0 Å². The van der Waals surface area contributed by atoms with E-state index in [2.05, 4.69) is 26.6 Å². The van der Waals surface area contributed by atoms with Gasteiger partial charge in [0.25, 0.3) is 0 Å². The number of carbonyl (C=O) groups is 5. The molecule has 1 heterocycles. The maximum atomic E-state index is 13.2. The Morgan fingerprint density at radius 3 is 2.25 bits per heavy atom. The molecule has 5 unspecified atom stereocenters.